The molecule has 0 saturated carbocycles. The molecule has 0 spiro atoms. The van der Waals surface area contributed by atoms with Gasteiger partial charge >= 0.3 is 0 Å². The van der Waals surface area contributed by atoms with Crippen LogP contribution in [0.5, 0.6) is 0 Å². The summed E-state index contributed by atoms with van der Waals surface area (Å²) in [5, 5.41) is 3.33. The van der Waals surface area contributed by atoms with Crippen LogP contribution in [0, 0.1) is 0 Å². The molecule has 3 rings (SSSR count). The maximum absolute atomic E-state index is 12.4. The van der Waals surface area contributed by atoms with E-state index in [0.29, 0.717) is 32.7 Å². The van der Waals surface area contributed by atoms with E-state index in [1.165, 1.54) is 0 Å². The van der Waals surface area contributed by atoms with Gasteiger partial charge in [-0.2, -0.15) is 0 Å². The molecule has 2 atom stereocenters. The lowest BCUT2D eigenvalue weighted by molar-refractivity contribution is -0.140. The standard InChI is InChI=1S/C16H22N2O3/c19-16(10-14-12-20-8-6-17-14)18-7-9-21-15(11-18)13-4-2-1-3-5-13/h1-5,14-15,17H,6-12H2. The molecule has 0 aliphatic carbocycles. The minimum absolute atomic E-state index is 0.0144. The third-order valence-electron chi connectivity index (χ3n) is 4.01. The average Bonchev–Trinajstić information content (AvgIpc) is 2.57. The Hall–Kier alpha value is -1.43. The molecular formula is C16H22N2O3. The number of carbonyl (C=O) groups is 1. The summed E-state index contributed by atoms with van der Waals surface area (Å²) in [6.07, 6.45) is 0.487. The number of hydrogen-bond acceptors (Lipinski definition) is 4. The summed E-state index contributed by atoms with van der Waals surface area (Å²) < 4.78 is 11.2. The molecular weight excluding hydrogens is 268 g/mol. The molecule has 0 bridgehead atoms. The highest BCUT2D eigenvalue weighted by atomic mass is 16.5. The average molecular weight is 290 g/mol. The molecule has 5 heteroatoms. The Morgan fingerprint density at radius 2 is 2.14 bits per heavy atom. The second-order valence-corrected chi connectivity index (χ2v) is 5.54. The van der Waals surface area contributed by atoms with E-state index >= 15 is 0 Å². The summed E-state index contributed by atoms with van der Waals surface area (Å²) in [5.41, 5.74) is 1.13. The highest BCUT2D eigenvalue weighted by molar-refractivity contribution is 5.77. The van der Waals surface area contributed by atoms with Gasteiger partial charge in [0.1, 0.15) is 6.10 Å². The topological polar surface area (TPSA) is 50.8 Å². The molecule has 0 radical (unpaired) electrons. The first-order valence-corrected chi connectivity index (χ1v) is 7.58. The predicted octanol–water partition coefficient (Wildman–Crippen LogP) is 0.965. The minimum Gasteiger partial charge on any atom is -0.378 e. The van der Waals surface area contributed by atoms with Crippen LogP contribution in [0.3, 0.4) is 0 Å². The third-order valence-corrected chi connectivity index (χ3v) is 4.01. The summed E-state index contributed by atoms with van der Waals surface area (Å²) in [5.74, 6) is 0.183. The summed E-state index contributed by atoms with van der Waals surface area (Å²) in [4.78, 5) is 14.3. The van der Waals surface area contributed by atoms with E-state index in [1.807, 2.05) is 23.1 Å². The lowest BCUT2D eigenvalue weighted by Gasteiger charge is -2.34. The highest BCUT2D eigenvalue weighted by Gasteiger charge is 2.27. The molecule has 1 aromatic carbocycles. The van der Waals surface area contributed by atoms with Gasteiger partial charge in [0.05, 0.1) is 26.4 Å². The monoisotopic (exact) mass is 290 g/mol. The SMILES string of the molecule is O=C(CC1COCCN1)N1CCOC(c2ccccc2)C1. The summed E-state index contributed by atoms with van der Waals surface area (Å²) >= 11 is 0. The zero-order valence-corrected chi connectivity index (χ0v) is 12.2. The molecule has 2 aliphatic heterocycles. The van der Waals surface area contributed by atoms with Crippen LogP contribution < -0.4 is 5.32 Å². The lowest BCUT2D eigenvalue weighted by Crippen LogP contribution is -2.48. The van der Waals surface area contributed by atoms with Gasteiger partial charge in [0, 0.05) is 25.6 Å². The Kier molecular flexibility index (Phi) is 4.85. The fraction of sp³-hybridized carbons (Fsp3) is 0.562. The number of ether oxygens (including phenoxy) is 2. The van der Waals surface area contributed by atoms with Crippen LogP contribution >= 0.6 is 0 Å². The van der Waals surface area contributed by atoms with E-state index in [1.54, 1.807) is 0 Å². The predicted molar refractivity (Wildman–Crippen MR) is 78.9 cm³/mol. The molecule has 1 aromatic rings. The van der Waals surface area contributed by atoms with Crippen LogP contribution in [0.2, 0.25) is 0 Å². The van der Waals surface area contributed by atoms with E-state index in [0.717, 1.165) is 18.7 Å². The minimum atomic E-state index is -0.0144. The Morgan fingerprint density at radius 3 is 2.90 bits per heavy atom. The number of nitrogens with one attached hydrogen (secondary N) is 1. The maximum Gasteiger partial charge on any atom is 0.224 e. The third kappa shape index (κ3) is 3.81. The number of amides is 1. The van der Waals surface area contributed by atoms with Crippen molar-refractivity contribution in [1.82, 2.24) is 10.2 Å². The largest absolute Gasteiger partial charge is 0.378 e. The van der Waals surface area contributed by atoms with Gasteiger partial charge in [-0.15, -0.1) is 0 Å². The van der Waals surface area contributed by atoms with Gasteiger partial charge in [0.25, 0.3) is 0 Å². The molecule has 2 heterocycles. The van der Waals surface area contributed by atoms with E-state index < -0.39 is 0 Å². The smallest absolute Gasteiger partial charge is 0.224 e. The molecule has 21 heavy (non-hydrogen) atoms. The quantitative estimate of drug-likeness (QED) is 0.901. The van der Waals surface area contributed by atoms with Crippen molar-refractivity contribution in [2.45, 2.75) is 18.6 Å². The van der Waals surface area contributed by atoms with Crippen molar-refractivity contribution >= 4 is 5.91 Å². The molecule has 5 nitrogen and oxygen atoms in total. The summed E-state index contributed by atoms with van der Waals surface area (Å²) in [6.45, 7) is 4.09. The molecule has 2 saturated heterocycles. The maximum atomic E-state index is 12.4. The Balaban J connectivity index is 1.56. The van der Waals surface area contributed by atoms with Gasteiger partial charge in [0.15, 0.2) is 0 Å². The van der Waals surface area contributed by atoms with Crippen LogP contribution in [0.4, 0.5) is 0 Å². The van der Waals surface area contributed by atoms with Crippen LogP contribution in [-0.2, 0) is 14.3 Å². The molecule has 2 unspecified atom stereocenters. The van der Waals surface area contributed by atoms with Crippen molar-refractivity contribution in [2.24, 2.45) is 0 Å². The van der Waals surface area contributed by atoms with Gasteiger partial charge in [-0.25, -0.2) is 0 Å². The van der Waals surface area contributed by atoms with Crippen LogP contribution in [-0.4, -0.2) is 56.3 Å². The zero-order valence-electron chi connectivity index (χ0n) is 12.2. The van der Waals surface area contributed by atoms with Crippen molar-refractivity contribution < 1.29 is 14.3 Å². The van der Waals surface area contributed by atoms with Gasteiger partial charge < -0.3 is 19.7 Å². The number of benzene rings is 1. The van der Waals surface area contributed by atoms with Gasteiger partial charge in [0.2, 0.25) is 5.91 Å². The van der Waals surface area contributed by atoms with Crippen molar-refractivity contribution in [2.75, 3.05) is 39.5 Å². The van der Waals surface area contributed by atoms with Crippen molar-refractivity contribution in [1.29, 1.82) is 0 Å². The van der Waals surface area contributed by atoms with E-state index in [-0.39, 0.29) is 18.1 Å². The van der Waals surface area contributed by atoms with E-state index in [9.17, 15) is 4.79 Å². The molecule has 114 valence electrons. The zero-order chi connectivity index (χ0) is 14.5. The lowest BCUT2D eigenvalue weighted by atomic mass is 10.1. The number of nitrogens with zero attached hydrogens (tertiary/aromatic N) is 1. The van der Waals surface area contributed by atoms with Crippen molar-refractivity contribution in [3.8, 4) is 0 Å². The van der Waals surface area contributed by atoms with E-state index in [4.69, 9.17) is 9.47 Å². The Morgan fingerprint density at radius 1 is 1.29 bits per heavy atom. The molecule has 1 N–H and O–H groups in total. The van der Waals surface area contributed by atoms with Crippen molar-refractivity contribution in [3.63, 3.8) is 0 Å². The van der Waals surface area contributed by atoms with Crippen LogP contribution in [0.1, 0.15) is 18.1 Å². The van der Waals surface area contributed by atoms with Crippen molar-refractivity contribution in [3.05, 3.63) is 35.9 Å². The van der Waals surface area contributed by atoms with Gasteiger partial charge in [-0.3, -0.25) is 4.79 Å². The molecule has 2 aliphatic rings. The van der Waals surface area contributed by atoms with Crippen LogP contribution in [0.15, 0.2) is 30.3 Å². The number of morpholine rings is 2. The first-order valence-electron chi connectivity index (χ1n) is 7.58. The van der Waals surface area contributed by atoms with E-state index in [2.05, 4.69) is 17.4 Å². The second kappa shape index (κ2) is 7.02. The fourth-order valence-corrected chi connectivity index (χ4v) is 2.84. The fourth-order valence-electron chi connectivity index (χ4n) is 2.84. The summed E-state index contributed by atoms with van der Waals surface area (Å²) in [6, 6.07) is 10.2. The first kappa shape index (κ1) is 14.5. The Bertz CT molecular complexity index is 460. The molecule has 0 aromatic heterocycles. The number of carbonyl (C=O) groups excluding carboxylic acids is 1. The summed E-state index contributed by atoms with van der Waals surface area (Å²) in [7, 11) is 0. The Labute approximate surface area is 125 Å². The molecule has 2 fully saturated rings. The van der Waals surface area contributed by atoms with Crippen LogP contribution in [0.25, 0.3) is 0 Å². The van der Waals surface area contributed by atoms with Gasteiger partial charge in [-0.05, 0) is 5.56 Å². The number of rotatable bonds is 3. The molecule has 1 amide bonds. The van der Waals surface area contributed by atoms with Gasteiger partial charge in [-0.1, -0.05) is 30.3 Å². The normalized spacial score (nSPS) is 26.6. The first-order chi connectivity index (χ1) is 10.3. The number of hydrogen-bond donors (Lipinski definition) is 1. The second-order valence-electron chi connectivity index (χ2n) is 5.54. The highest BCUT2D eigenvalue weighted by Crippen LogP contribution is 2.22.